The molecule has 2 aromatic rings. The van der Waals surface area contributed by atoms with E-state index in [-0.39, 0.29) is 12.1 Å². The van der Waals surface area contributed by atoms with Gasteiger partial charge < -0.3 is 15.4 Å². The third-order valence-electron chi connectivity index (χ3n) is 4.74. The number of ether oxygens (including phenoxy) is 1. The van der Waals surface area contributed by atoms with Gasteiger partial charge in [-0.3, -0.25) is 0 Å². The summed E-state index contributed by atoms with van der Waals surface area (Å²) in [4.78, 5) is 11.8. The number of hydrogen-bond acceptors (Lipinski definition) is 3. The van der Waals surface area contributed by atoms with Gasteiger partial charge in [0.15, 0.2) is 0 Å². The first-order chi connectivity index (χ1) is 12.1. The summed E-state index contributed by atoms with van der Waals surface area (Å²) in [5.74, 6) is 0. The molecule has 1 unspecified atom stereocenters. The van der Waals surface area contributed by atoms with Crippen molar-refractivity contribution in [1.82, 2.24) is 10.6 Å². The standard InChI is InChI=1S/C21H26N2O2/c1-15-8-10-18(11-9-15)16(2)22-19-12-20(13-19)23-21(24)25-14-17-6-4-3-5-7-17/h3-11,16,19-20,22H,12-14H2,1-2H3,(H,23,24). The number of nitrogens with one attached hydrogen (secondary N) is 2. The van der Waals surface area contributed by atoms with Gasteiger partial charge in [0.25, 0.3) is 0 Å². The first-order valence-corrected chi connectivity index (χ1v) is 8.90. The molecule has 1 atom stereocenters. The van der Waals surface area contributed by atoms with Crippen LogP contribution in [0.5, 0.6) is 0 Å². The van der Waals surface area contributed by atoms with Crippen LogP contribution in [0.4, 0.5) is 4.79 Å². The highest BCUT2D eigenvalue weighted by Crippen LogP contribution is 2.24. The van der Waals surface area contributed by atoms with E-state index < -0.39 is 0 Å². The lowest BCUT2D eigenvalue weighted by atomic mass is 9.86. The van der Waals surface area contributed by atoms with Gasteiger partial charge in [-0.05, 0) is 37.8 Å². The van der Waals surface area contributed by atoms with Gasteiger partial charge in [0.2, 0.25) is 0 Å². The van der Waals surface area contributed by atoms with Crippen molar-refractivity contribution in [1.29, 1.82) is 0 Å². The number of carbonyl (C=O) groups excluding carboxylic acids is 1. The van der Waals surface area contributed by atoms with Crippen molar-refractivity contribution in [2.24, 2.45) is 0 Å². The summed E-state index contributed by atoms with van der Waals surface area (Å²) in [6.07, 6.45) is 1.55. The second-order valence-corrected chi connectivity index (χ2v) is 6.87. The summed E-state index contributed by atoms with van der Waals surface area (Å²) in [5.41, 5.74) is 3.57. The fraction of sp³-hybridized carbons (Fsp3) is 0.381. The molecule has 1 amide bonds. The van der Waals surface area contributed by atoms with E-state index in [9.17, 15) is 4.79 Å². The molecule has 4 heteroatoms. The third kappa shape index (κ3) is 5.07. The van der Waals surface area contributed by atoms with Crippen LogP contribution in [0.15, 0.2) is 54.6 Å². The van der Waals surface area contributed by atoms with Gasteiger partial charge >= 0.3 is 6.09 Å². The van der Waals surface area contributed by atoms with Gasteiger partial charge in [0.05, 0.1) is 0 Å². The van der Waals surface area contributed by atoms with Crippen molar-refractivity contribution in [2.75, 3.05) is 0 Å². The van der Waals surface area contributed by atoms with Gasteiger partial charge in [-0.15, -0.1) is 0 Å². The van der Waals surface area contributed by atoms with Crippen LogP contribution >= 0.6 is 0 Å². The quantitative estimate of drug-likeness (QED) is 0.833. The van der Waals surface area contributed by atoms with E-state index in [0.29, 0.717) is 18.7 Å². The minimum atomic E-state index is -0.334. The van der Waals surface area contributed by atoms with E-state index in [1.807, 2.05) is 30.3 Å². The molecule has 0 aromatic heterocycles. The molecule has 0 heterocycles. The van der Waals surface area contributed by atoms with E-state index in [1.165, 1.54) is 11.1 Å². The third-order valence-corrected chi connectivity index (χ3v) is 4.74. The van der Waals surface area contributed by atoms with Crippen LogP contribution in [-0.2, 0) is 11.3 Å². The minimum Gasteiger partial charge on any atom is -0.445 e. The van der Waals surface area contributed by atoms with Crippen molar-refractivity contribution in [3.8, 4) is 0 Å². The Balaban J connectivity index is 1.35. The highest BCUT2D eigenvalue weighted by molar-refractivity contribution is 5.67. The number of alkyl carbamates (subject to hydrolysis) is 1. The van der Waals surface area contributed by atoms with Crippen LogP contribution in [0.25, 0.3) is 0 Å². The number of benzene rings is 2. The summed E-state index contributed by atoms with van der Waals surface area (Å²) >= 11 is 0. The van der Waals surface area contributed by atoms with Crippen molar-refractivity contribution in [3.63, 3.8) is 0 Å². The predicted molar refractivity (Wildman–Crippen MR) is 99.3 cm³/mol. The van der Waals surface area contributed by atoms with Crippen molar-refractivity contribution < 1.29 is 9.53 Å². The monoisotopic (exact) mass is 338 g/mol. The summed E-state index contributed by atoms with van der Waals surface area (Å²) in [7, 11) is 0. The Morgan fingerprint density at radius 3 is 2.44 bits per heavy atom. The van der Waals surface area contributed by atoms with Crippen molar-refractivity contribution in [3.05, 3.63) is 71.3 Å². The molecule has 1 saturated carbocycles. The molecule has 1 aliphatic carbocycles. The first kappa shape index (κ1) is 17.5. The molecule has 0 aliphatic heterocycles. The van der Waals surface area contributed by atoms with E-state index >= 15 is 0 Å². The zero-order valence-corrected chi connectivity index (χ0v) is 14.9. The molecular weight excluding hydrogens is 312 g/mol. The van der Waals surface area contributed by atoms with Gasteiger partial charge in [0.1, 0.15) is 6.61 Å². The van der Waals surface area contributed by atoms with Crippen LogP contribution in [0.2, 0.25) is 0 Å². The smallest absolute Gasteiger partial charge is 0.407 e. The Morgan fingerprint density at radius 1 is 1.08 bits per heavy atom. The highest BCUT2D eigenvalue weighted by Gasteiger charge is 2.31. The SMILES string of the molecule is Cc1ccc(C(C)NC2CC(NC(=O)OCc3ccccc3)C2)cc1. The van der Waals surface area contributed by atoms with Crippen LogP contribution in [0.3, 0.4) is 0 Å². The summed E-state index contributed by atoms with van der Waals surface area (Å²) in [5, 5.41) is 6.56. The van der Waals surface area contributed by atoms with Crippen molar-refractivity contribution >= 4 is 6.09 Å². The van der Waals surface area contributed by atoms with Crippen LogP contribution in [-0.4, -0.2) is 18.2 Å². The average molecular weight is 338 g/mol. The predicted octanol–water partition coefficient (Wildman–Crippen LogP) is 4.10. The average Bonchev–Trinajstić information content (AvgIpc) is 2.59. The zero-order valence-electron chi connectivity index (χ0n) is 14.9. The molecule has 2 N–H and O–H groups in total. The number of hydrogen-bond donors (Lipinski definition) is 2. The highest BCUT2D eigenvalue weighted by atomic mass is 16.5. The van der Waals surface area contributed by atoms with E-state index in [2.05, 4.69) is 48.7 Å². The van der Waals surface area contributed by atoms with E-state index in [0.717, 1.165) is 18.4 Å². The number of rotatable bonds is 6. The van der Waals surface area contributed by atoms with E-state index in [1.54, 1.807) is 0 Å². The maximum Gasteiger partial charge on any atom is 0.407 e. The Morgan fingerprint density at radius 2 is 1.76 bits per heavy atom. The van der Waals surface area contributed by atoms with Gasteiger partial charge in [-0.1, -0.05) is 60.2 Å². The summed E-state index contributed by atoms with van der Waals surface area (Å²) < 4.78 is 5.26. The molecule has 4 nitrogen and oxygen atoms in total. The zero-order chi connectivity index (χ0) is 17.6. The fourth-order valence-electron chi connectivity index (χ4n) is 3.11. The van der Waals surface area contributed by atoms with Crippen LogP contribution in [0, 0.1) is 6.92 Å². The molecule has 0 bridgehead atoms. The molecule has 25 heavy (non-hydrogen) atoms. The Labute approximate surface area is 149 Å². The molecule has 1 fully saturated rings. The lowest BCUT2D eigenvalue weighted by molar-refractivity contribution is 0.124. The second-order valence-electron chi connectivity index (χ2n) is 6.87. The number of carbonyl (C=O) groups is 1. The normalized spacial score (nSPS) is 20.4. The summed E-state index contributed by atoms with van der Waals surface area (Å²) in [6, 6.07) is 19.3. The van der Waals surface area contributed by atoms with Crippen LogP contribution < -0.4 is 10.6 Å². The molecule has 0 radical (unpaired) electrons. The Hall–Kier alpha value is -2.33. The van der Waals surface area contributed by atoms with Crippen molar-refractivity contribution in [2.45, 2.75) is 51.4 Å². The topological polar surface area (TPSA) is 50.4 Å². The van der Waals surface area contributed by atoms with E-state index in [4.69, 9.17) is 4.74 Å². The summed E-state index contributed by atoms with van der Waals surface area (Å²) in [6.45, 7) is 4.59. The largest absolute Gasteiger partial charge is 0.445 e. The molecule has 0 saturated heterocycles. The molecule has 0 spiro atoms. The lowest BCUT2D eigenvalue weighted by Gasteiger charge is -2.38. The second kappa shape index (κ2) is 8.17. The molecule has 132 valence electrons. The Bertz CT molecular complexity index is 679. The lowest BCUT2D eigenvalue weighted by Crippen LogP contribution is -2.52. The maximum atomic E-state index is 11.8. The molecule has 1 aliphatic rings. The maximum absolute atomic E-state index is 11.8. The van der Waals surface area contributed by atoms with Gasteiger partial charge in [-0.25, -0.2) is 4.79 Å². The fourth-order valence-corrected chi connectivity index (χ4v) is 3.11. The number of aryl methyl sites for hydroxylation is 1. The van der Waals surface area contributed by atoms with Gasteiger partial charge in [0, 0.05) is 18.1 Å². The molecule has 3 rings (SSSR count). The first-order valence-electron chi connectivity index (χ1n) is 8.90. The van der Waals surface area contributed by atoms with Gasteiger partial charge in [-0.2, -0.15) is 0 Å². The number of amides is 1. The molecular formula is C21H26N2O2. The Kier molecular flexibility index (Phi) is 5.71. The minimum absolute atomic E-state index is 0.200. The van der Waals surface area contributed by atoms with Crippen LogP contribution in [0.1, 0.15) is 42.5 Å². The molecule has 2 aromatic carbocycles.